The lowest BCUT2D eigenvalue weighted by Crippen LogP contribution is -2.29. The molecule has 0 aliphatic carbocycles. The van der Waals surface area contributed by atoms with Crippen LogP contribution in [-0.2, 0) is 4.79 Å². The zero-order valence-corrected chi connectivity index (χ0v) is 12.2. The number of amides is 1. The Morgan fingerprint density at radius 2 is 2.25 bits per heavy atom. The summed E-state index contributed by atoms with van der Waals surface area (Å²) in [6.45, 7) is 6.84. The lowest BCUT2D eigenvalue weighted by atomic mass is 10.0. The monoisotopic (exact) mass is 275 g/mol. The Labute approximate surface area is 119 Å². The van der Waals surface area contributed by atoms with Crippen molar-refractivity contribution in [2.45, 2.75) is 26.8 Å². The van der Waals surface area contributed by atoms with Crippen molar-refractivity contribution >= 4 is 5.91 Å². The summed E-state index contributed by atoms with van der Waals surface area (Å²) in [5.41, 5.74) is 2.09. The van der Waals surface area contributed by atoms with Gasteiger partial charge in [-0.15, -0.1) is 0 Å². The molecule has 0 aliphatic heterocycles. The molecule has 1 aromatic rings. The minimum Gasteiger partial charge on any atom is -0.483 e. The van der Waals surface area contributed by atoms with Gasteiger partial charge in [0.05, 0.1) is 6.07 Å². The van der Waals surface area contributed by atoms with Gasteiger partial charge >= 0.3 is 0 Å². The van der Waals surface area contributed by atoms with Crippen molar-refractivity contribution in [1.29, 1.82) is 5.26 Å². The Morgan fingerprint density at radius 3 is 2.90 bits per heavy atom. The summed E-state index contributed by atoms with van der Waals surface area (Å²) in [5.74, 6) is 0.403. The summed E-state index contributed by atoms with van der Waals surface area (Å²) < 4.78 is 5.58. The predicted octanol–water partition coefficient (Wildman–Crippen LogP) is 1.68. The molecule has 0 spiro atoms. The zero-order chi connectivity index (χ0) is 15.0. The summed E-state index contributed by atoms with van der Waals surface area (Å²) in [4.78, 5) is 11.5. The Balaban J connectivity index is 2.74. The molecule has 0 aromatic heterocycles. The van der Waals surface area contributed by atoms with Crippen LogP contribution in [0.25, 0.3) is 0 Å². The minimum atomic E-state index is -0.296. The topological polar surface area (TPSA) is 74.2 Å². The van der Waals surface area contributed by atoms with Crippen molar-refractivity contribution in [2.24, 2.45) is 0 Å². The second-order valence-electron chi connectivity index (χ2n) is 4.54. The van der Waals surface area contributed by atoms with E-state index in [9.17, 15) is 4.79 Å². The fourth-order valence-corrected chi connectivity index (χ4v) is 1.87. The highest BCUT2D eigenvalue weighted by atomic mass is 16.5. The molecule has 5 heteroatoms. The van der Waals surface area contributed by atoms with Crippen molar-refractivity contribution in [3.05, 3.63) is 29.3 Å². The largest absolute Gasteiger partial charge is 0.483 e. The average molecular weight is 275 g/mol. The van der Waals surface area contributed by atoms with Crippen LogP contribution in [0.1, 0.15) is 31.0 Å². The van der Waals surface area contributed by atoms with E-state index in [-0.39, 0.29) is 25.1 Å². The summed E-state index contributed by atoms with van der Waals surface area (Å²) in [6, 6.07) is 7.95. The smallest absolute Gasteiger partial charge is 0.258 e. The fraction of sp³-hybridized carbons (Fsp3) is 0.467. The molecular formula is C15H21N3O2. The van der Waals surface area contributed by atoms with E-state index >= 15 is 0 Å². The van der Waals surface area contributed by atoms with E-state index in [1.54, 1.807) is 0 Å². The van der Waals surface area contributed by atoms with E-state index in [0.717, 1.165) is 17.7 Å². The molecule has 1 unspecified atom stereocenters. The Morgan fingerprint density at radius 1 is 1.50 bits per heavy atom. The van der Waals surface area contributed by atoms with Crippen molar-refractivity contribution in [1.82, 2.24) is 10.6 Å². The highest BCUT2D eigenvalue weighted by Gasteiger charge is 2.12. The van der Waals surface area contributed by atoms with E-state index in [1.165, 1.54) is 0 Å². The molecule has 1 rings (SSSR count). The Bertz CT molecular complexity index is 494. The number of rotatable bonds is 7. The van der Waals surface area contributed by atoms with Gasteiger partial charge in [-0.2, -0.15) is 5.26 Å². The van der Waals surface area contributed by atoms with Gasteiger partial charge in [-0.05, 0) is 32.0 Å². The van der Waals surface area contributed by atoms with Gasteiger partial charge in [0.25, 0.3) is 5.91 Å². The summed E-state index contributed by atoms with van der Waals surface area (Å²) in [6.07, 6.45) is 0. The number of carbonyl (C=O) groups is 1. The number of nitriles is 1. The van der Waals surface area contributed by atoms with Gasteiger partial charge in [-0.3, -0.25) is 4.79 Å². The van der Waals surface area contributed by atoms with E-state index in [0.29, 0.717) is 5.75 Å². The van der Waals surface area contributed by atoms with E-state index < -0.39 is 0 Å². The van der Waals surface area contributed by atoms with Gasteiger partial charge in [0, 0.05) is 11.6 Å². The first kappa shape index (κ1) is 16.0. The fourth-order valence-electron chi connectivity index (χ4n) is 1.87. The molecule has 1 aromatic carbocycles. The highest BCUT2D eigenvalue weighted by Crippen LogP contribution is 2.26. The van der Waals surface area contributed by atoms with Crippen molar-refractivity contribution < 1.29 is 9.53 Å². The number of hydrogen-bond acceptors (Lipinski definition) is 4. The molecule has 0 fully saturated rings. The quantitative estimate of drug-likeness (QED) is 0.743. The van der Waals surface area contributed by atoms with Crippen LogP contribution < -0.4 is 15.4 Å². The molecule has 2 N–H and O–H groups in total. The minimum absolute atomic E-state index is 0.00331. The number of hydrogen-bond donors (Lipinski definition) is 2. The third-order valence-electron chi connectivity index (χ3n) is 2.87. The molecule has 1 atom stereocenters. The van der Waals surface area contributed by atoms with Gasteiger partial charge in [0.15, 0.2) is 6.61 Å². The maximum atomic E-state index is 11.5. The van der Waals surface area contributed by atoms with Crippen LogP contribution in [0.5, 0.6) is 5.75 Å². The summed E-state index contributed by atoms with van der Waals surface area (Å²) >= 11 is 0. The first-order chi connectivity index (χ1) is 9.58. The van der Waals surface area contributed by atoms with Gasteiger partial charge in [0.1, 0.15) is 12.3 Å². The molecule has 108 valence electrons. The third-order valence-corrected chi connectivity index (χ3v) is 2.87. The summed E-state index contributed by atoms with van der Waals surface area (Å²) in [5, 5.41) is 14.2. The molecule has 0 saturated carbocycles. The number of benzene rings is 1. The molecule has 0 radical (unpaired) electrons. The number of ether oxygens (including phenoxy) is 1. The van der Waals surface area contributed by atoms with Crippen LogP contribution in [0.2, 0.25) is 0 Å². The first-order valence-corrected chi connectivity index (χ1v) is 6.68. The van der Waals surface area contributed by atoms with Crippen LogP contribution in [0.15, 0.2) is 18.2 Å². The molecule has 0 heterocycles. The van der Waals surface area contributed by atoms with Crippen molar-refractivity contribution in [3.8, 4) is 11.8 Å². The first-order valence-electron chi connectivity index (χ1n) is 6.68. The van der Waals surface area contributed by atoms with Crippen molar-refractivity contribution in [3.63, 3.8) is 0 Å². The molecule has 0 aliphatic rings. The van der Waals surface area contributed by atoms with Crippen LogP contribution in [-0.4, -0.2) is 25.6 Å². The lowest BCUT2D eigenvalue weighted by Gasteiger charge is -2.18. The highest BCUT2D eigenvalue weighted by molar-refractivity contribution is 5.77. The normalized spacial score (nSPS) is 11.5. The van der Waals surface area contributed by atoms with E-state index in [1.807, 2.05) is 38.1 Å². The van der Waals surface area contributed by atoms with E-state index in [2.05, 4.69) is 17.6 Å². The van der Waals surface area contributed by atoms with Crippen LogP contribution in [0.3, 0.4) is 0 Å². The second kappa shape index (κ2) is 8.18. The molecule has 1 amide bonds. The van der Waals surface area contributed by atoms with Crippen molar-refractivity contribution in [2.75, 3.05) is 19.7 Å². The molecule has 5 nitrogen and oxygen atoms in total. The predicted molar refractivity (Wildman–Crippen MR) is 77.4 cm³/mol. The number of nitrogens with zero attached hydrogens (tertiary/aromatic N) is 1. The molecule has 0 saturated heterocycles. The number of nitrogens with one attached hydrogen (secondary N) is 2. The third kappa shape index (κ3) is 4.90. The maximum absolute atomic E-state index is 11.5. The van der Waals surface area contributed by atoms with Gasteiger partial charge in [-0.1, -0.05) is 19.1 Å². The van der Waals surface area contributed by atoms with Crippen LogP contribution >= 0.6 is 0 Å². The number of carbonyl (C=O) groups excluding carboxylic acids is 1. The summed E-state index contributed by atoms with van der Waals surface area (Å²) in [7, 11) is 0. The lowest BCUT2D eigenvalue weighted by molar-refractivity contribution is -0.122. The standard InChI is InChI=1S/C15H21N3O2/c1-4-17-12(3)13-6-5-11(2)9-14(13)20-10-15(19)18-8-7-16/h5-6,9,12,17H,4,8,10H2,1-3H3,(H,18,19). The van der Waals surface area contributed by atoms with Crippen LogP contribution in [0.4, 0.5) is 0 Å². The second-order valence-corrected chi connectivity index (χ2v) is 4.54. The Hall–Kier alpha value is -2.06. The van der Waals surface area contributed by atoms with Gasteiger partial charge in [0.2, 0.25) is 0 Å². The zero-order valence-electron chi connectivity index (χ0n) is 12.2. The SMILES string of the molecule is CCNC(C)c1ccc(C)cc1OCC(=O)NCC#N. The molecule has 0 bridgehead atoms. The number of aryl methyl sites for hydroxylation is 1. The van der Waals surface area contributed by atoms with Gasteiger partial charge in [-0.25, -0.2) is 0 Å². The molecular weight excluding hydrogens is 254 g/mol. The molecule has 20 heavy (non-hydrogen) atoms. The van der Waals surface area contributed by atoms with Crippen LogP contribution in [0, 0.1) is 18.3 Å². The van der Waals surface area contributed by atoms with E-state index in [4.69, 9.17) is 10.00 Å². The Kier molecular flexibility index (Phi) is 6.54. The van der Waals surface area contributed by atoms with Gasteiger partial charge < -0.3 is 15.4 Å². The maximum Gasteiger partial charge on any atom is 0.258 e. The average Bonchev–Trinajstić information content (AvgIpc) is 2.43.